The highest BCUT2D eigenvalue weighted by Crippen LogP contribution is 2.47. The van der Waals surface area contributed by atoms with Gasteiger partial charge in [0.05, 0.1) is 19.3 Å². The van der Waals surface area contributed by atoms with Crippen molar-refractivity contribution < 1.29 is 13.9 Å². The van der Waals surface area contributed by atoms with Crippen LogP contribution in [-0.2, 0) is 16.0 Å². The Kier molecular flexibility index (Phi) is 6.66. The van der Waals surface area contributed by atoms with E-state index in [-0.39, 0.29) is 11.4 Å². The third kappa shape index (κ3) is 4.28. The Morgan fingerprint density at radius 3 is 2.61 bits per heavy atom. The molecule has 1 atom stereocenters. The van der Waals surface area contributed by atoms with Crippen LogP contribution in [0.4, 0.5) is 4.39 Å². The Labute approximate surface area is 169 Å². The summed E-state index contributed by atoms with van der Waals surface area (Å²) in [6.45, 7) is 5.54. The van der Waals surface area contributed by atoms with Gasteiger partial charge in [0.2, 0.25) is 0 Å². The maximum absolute atomic E-state index is 13.4. The highest BCUT2D eigenvalue weighted by molar-refractivity contribution is 5.16. The first kappa shape index (κ1) is 20.3. The van der Waals surface area contributed by atoms with E-state index in [2.05, 4.69) is 9.80 Å². The van der Waals surface area contributed by atoms with Crippen molar-refractivity contribution in [2.24, 2.45) is 0 Å². The molecule has 4 nitrogen and oxygen atoms in total. The third-order valence-electron chi connectivity index (χ3n) is 7.15. The van der Waals surface area contributed by atoms with E-state index in [9.17, 15) is 4.39 Å². The number of ether oxygens (including phenoxy) is 2. The Balaban J connectivity index is 1.32. The molecule has 1 unspecified atom stereocenters. The molecule has 4 rings (SSSR count). The highest BCUT2D eigenvalue weighted by atomic mass is 19.1. The van der Waals surface area contributed by atoms with Gasteiger partial charge in [0.1, 0.15) is 5.82 Å². The van der Waals surface area contributed by atoms with Crippen molar-refractivity contribution >= 4 is 0 Å². The van der Waals surface area contributed by atoms with Crippen molar-refractivity contribution in [1.29, 1.82) is 0 Å². The zero-order chi connectivity index (χ0) is 19.4. The topological polar surface area (TPSA) is 24.9 Å². The molecule has 1 saturated carbocycles. The molecule has 28 heavy (non-hydrogen) atoms. The second-order valence-electron chi connectivity index (χ2n) is 8.81. The van der Waals surface area contributed by atoms with Gasteiger partial charge in [0.15, 0.2) is 0 Å². The summed E-state index contributed by atoms with van der Waals surface area (Å²) in [5, 5.41) is 0. The molecule has 0 radical (unpaired) electrons. The van der Waals surface area contributed by atoms with Crippen LogP contribution in [0.25, 0.3) is 0 Å². The molecule has 0 bridgehead atoms. The van der Waals surface area contributed by atoms with Gasteiger partial charge in [0, 0.05) is 31.8 Å². The molecule has 2 heterocycles. The average molecular weight is 391 g/mol. The van der Waals surface area contributed by atoms with Crippen LogP contribution in [0.1, 0.15) is 50.5 Å². The van der Waals surface area contributed by atoms with E-state index in [1.165, 1.54) is 51.0 Å². The first-order valence-corrected chi connectivity index (χ1v) is 11.1. The van der Waals surface area contributed by atoms with Gasteiger partial charge >= 0.3 is 0 Å². The number of piperidine rings is 1. The molecule has 156 valence electrons. The Morgan fingerprint density at radius 1 is 1.11 bits per heavy atom. The quantitative estimate of drug-likeness (QED) is 0.661. The van der Waals surface area contributed by atoms with E-state index < -0.39 is 0 Å². The smallest absolute Gasteiger partial charge is 0.123 e. The van der Waals surface area contributed by atoms with Crippen molar-refractivity contribution in [2.75, 3.05) is 40.0 Å². The van der Waals surface area contributed by atoms with Gasteiger partial charge in [-0.25, -0.2) is 4.39 Å². The molecule has 2 saturated heterocycles. The number of likely N-dealkylation sites (tertiary alicyclic amines) is 2. The second-order valence-corrected chi connectivity index (χ2v) is 8.81. The summed E-state index contributed by atoms with van der Waals surface area (Å²) >= 11 is 0. The monoisotopic (exact) mass is 390 g/mol. The van der Waals surface area contributed by atoms with Crippen LogP contribution in [0.2, 0.25) is 0 Å². The largest absolute Gasteiger partial charge is 0.382 e. The lowest BCUT2D eigenvalue weighted by Gasteiger charge is -2.63. The fraction of sp³-hybridized carbons (Fsp3) is 0.739. The lowest BCUT2D eigenvalue weighted by atomic mass is 9.69. The van der Waals surface area contributed by atoms with E-state index in [0.717, 1.165) is 31.7 Å². The number of benzene rings is 1. The van der Waals surface area contributed by atoms with Crippen molar-refractivity contribution in [3.05, 3.63) is 35.6 Å². The predicted molar refractivity (Wildman–Crippen MR) is 109 cm³/mol. The maximum Gasteiger partial charge on any atom is 0.123 e. The van der Waals surface area contributed by atoms with Crippen molar-refractivity contribution in [2.45, 2.75) is 69.2 Å². The molecular formula is C23H35FN2O2. The van der Waals surface area contributed by atoms with Crippen LogP contribution in [0.5, 0.6) is 0 Å². The van der Waals surface area contributed by atoms with Gasteiger partial charge in [-0.2, -0.15) is 0 Å². The van der Waals surface area contributed by atoms with Crippen LogP contribution in [-0.4, -0.2) is 67.4 Å². The number of rotatable bonds is 7. The summed E-state index contributed by atoms with van der Waals surface area (Å²) in [6, 6.07) is 7.70. The summed E-state index contributed by atoms with van der Waals surface area (Å²) in [5.41, 5.74) is 1.36. The molecular weight excluding hydrogens is 355 g/mol. The summed E-state index contributed by atoms with van der Waals surface area (Å²) < 4.78 is 24.9. The standard InChI is InChI=1S/C23H35FN2O2/c1-27-14-15-28-22-18-26(23(22)10-3-2-4-11-23)21-8-12-25(13-9-21)17-19-6-5-7-20(24)16-19/h5-7,16,21-22H,2-4,8-15,17-18H2,1H3. The Hall–Kier alpha value is -1.01. The molecule has 0 N–H and O–H groups in total. The molecule has 2 aliphatic heterocycles. The van der Waals surface area contributed by atoms with Gasteiger partial charge in [0.25, 0.3) is 0 Å². The van der Waals surface area contributed by atoms with Gasteiger partial charge < -0.3 is 9.47 Å². The third-order valence-corrected chi connectivity index (χ3v) is 7.15. The molecule has 0 amide bonds. The van der Waals surface area contributed by atoms with Crippen LogP contribution in [0.3, 0.4) is 0 Å². The molecule has 1 spiro atoms. The average Bonchev–Trinajstić information content (AvgIpc) is 2.72. The minimum Gasteiger partial charge on any atom is -0.382 e. The number of methoxy groups -OCH3 is 1. The minimum absolute atomic E-state index is 0.133. The van der Waals surface area contributed by atoms with E-state index in [1.807, 2.05) is 12.1 Å². The number of nitrogens with zero attached hydrogens (tertiary/aromatic N) is 2. The predicted octanol–water partition coefficient (Wildman–Crippen LogP) is 3.84. The Bertz CT molecular complexity index is 627. The zero-order valence-electron chi connectivity index (χ0n) is 17.2. The number of hydrogen-bond acceptors (Lipinski definition) is 4. The summed E-state index contributed by atoms with van der Waals surface area (Å²) in [4.78, 5) is 5.27. The molecule has 1 aromatic carbocycles. The lowest BCUT2D eigenvalue weighted by Crippen LogP contribution is -2.75. The van der Waals surface area contributed by atoms with Crippen molar-refractivity contribution in [3.8, 4) is 0 Å². The molecule has 0 aromatic heterocycles. The number of halogens is 1. The Morgan fingerprint density at radius 2 is 1.89 bits per heavy atom. The zero-order valence-corrected chi connectivity index (χ0v) is 17.2. The SMILES string of the molecule is COCCOC1CN(C2CCN(Cc3cccc(F)c3)CC2)C12CCCCC2. The molecule has 1 aromatic rings. The second kappa shape index (κ2) is 9.21. The molecule has 3 fully saturated rings. The van der Waals surface area contributed by atoms with E-state index in [1.54, 1.807) is 13.2 Å². The first-order valence-electron chi connectivity index (χ1n) is 11.1. The molecule has 1 aliphatic carbocycles. The normalized spacial score (nSPS) is 26.4. The fourth-order valence-corrected chi connectivity index (χ4v) is 5.65. The minimum atomic E-state index is -0.133. The summed E-state index contributed by atoms with van der Waals surface area (Å²) in [7, 11) is 1.74. The van der Waals surface area contributed by atoms with Gasteiger partial charge in [-0.05, 0) is 56.5 Å². The van der Waals surface area contributed by atoms with Crippen LogP contribution < -0.4 is 0 Å². The maximum atomic E-state index is 13.4. The number of hydrogen-bond donors (Lipinski definition) is 0. The fourth-order valence-electron chi connectivity index (χ4n) is 5.65. The van der Waals surface area contributed by atoms with Crippen LogP contribution in [0.15, 0.2) is 24.3 Å². The van der Waals surface area contributed by atoms with Crippen molar-refractivity contribution in [1.82, 2.24) is 9.80 Å². The van der Waals surface area contributed by atoms with E-state index in [4.69, 9.17) is 9.47 Å². The van der Waals surface area contributed by atoms with Crippen molar-refractivity contribution in [3.63, 3.8) is 0 Å². The lowest BCUT2D eigenvalue weighted by molar-refractivity contribution is -0.204. The summed E-state index contributed by atoms with van der Waals surface area (Å²) in [6.07, 6.45) is 9.41. The van der Waals surface area contributed by atoms with Gasteiger partial charge in [-0.3, -0.25) is 9.80 Å². The van der Waals surface area contributed by atoms with E-state index >= 15 is 0 Å². The summed E-state index contributed by atoms with van der Waals surface area (Å²) in [5.74, 6) is -0.133. The molecule has 3 aliphatic rings. The van der Waals surface area contributed by atoms with Crippen LogP contribution in [0, 0.1) is 5.82 Å². The first-order chi connectivity index (χ1) is 13.7. The van der Waals surface area contributed by atoms with Gasteiger partial charge in [-0.15, -0.1) is 0 Å². The molecule has 5 heteroatoms. The highest BCUT2D eigenvalue weighted by Gasteiger charge is 2.56. The van der Waals surface area contributed by atoms with Gasteiger partial charge in [-0.1, -0.05) is 31.4 Å². The van der Waals surface area contributed by atoms with Crippen LogP contribution >= 0.6 is 0 Å². The van der Waals surface area contributed by atoms with E-state index in [0.29, 0.717) is 25.4 Å².